The number of carbonyl (C=O) groups is 2. The third-order valence-electron chi connectivity index (χ3n) is 4.79. The van der Waals surface area contributed by atoms with Gasteiger partial charge in [-0.3, -0.25) is 9.78 Å². The van der Waals surface area contributed by atoms with Crippen LogP contribution in [0.2, 0.25) is 0 Å². The lowest BCUT2D eigenvalue weighted by Crippen LogP contribution is -2.17. The van der Waals surface area contributed by atoms with Crippen molar-refractivity contribution in [2.75, 3.05) is 13.2 Å². The smallest absolute Gasteiger partial charge is 0.373 e. The number of carbonyl (C=O) groups excluding carboxylic acids is 2. The van der Waals surface area contributed by atoms with E-state index in [1.165, 1.54) is 0 Å². The Labute approximate surface area is 195 Å². The van der Waals surface area contributed by atoms with E-state index in [2.05, 4.69) is 34.6 Å². The van der Waals surface area contributed by atoms with Crippen molar-refractivity contribution < 1.29 is 33.9 Å². The van der Waals surface area contributed by atoms with Crippen molar-refractivity contribution in [1.82, 2.24) is 0 Å². The number of ether oxygens (including phenoxy) is 1. The highest BCUT2D eigenvalue weighted by Crippen LogP contribution is 2.19. The van der Waals surface area contributed by atoms with E-state index in [1.54, 1.807) is 24.3 Å². The maximum Gasteiger partial charge on any atom is 0.373 e. The molecule has 7 nitrogen and oxygen atoms in total. The van der Waals surface area contributed by atoms with Crippen molar-refractivity contribution in [1.29, 1.82) is 0 Å². The van der Waals surface area contributed by atoms with E-state index >= 15 is 0 Å². The van der Waals surface area contributed by atoms with Gasteiger partial charge in [0.05, 0.1) is 17.7 Å². The molecular formula is C26H32O7. The standard InChI is InChI=1S/C26H32O7/c1-6-16-29-17-15-24(30-32-25(27)22-11-7-20(8-12-22)18(2)3)31-33-26(28)23-13-9-21(10-14-23)19(4)5/h7-14,18-19H,1,6,15-17H2,2-5H3. The lowest BCUT2D eigenvalue weighted by atomic mass is 10.0. The SMILES string of the molecule is [CH2]CCOCC[C](OOC(=O)c1ccc(C(C)C)cc1)OOC(=O)c1ccc(C(C)C)cc1. The lowest BCUT2D eigenvalue weighted by Gasteiger charge is -2.14. The monoisotopic (exact) mass is 456 g/mol. The third kappa shape index (κ3) is 8.96. The average molecular weight is 457 g/mol. The summed E-state index contributed by atoms with van der Waals surface area (Å²) in [7, 11) is 0. The maximum atomic E-state index is 12.3. The molecule has 178 valence electrons. The minimum Gasteiger partial charge on any atom is -0.381 e. The number of hydrogen-bond donors (Lipinski definition) is 0. The van der Waals surface area contributed by atoms with Crippen molar-refractivity contribution in [3.8, 4) is 0 Å². The zero-order chi connectivity index (χ0) is 24.2. The quantitative estimate of drug-likeness (QED) is 0.210. The summed E-state index contributed by atoms with van der Waals surface area (Å²) in [4.78, 5) is 44.4. The fraction of sp³-hybridized carbons (Fsp3) is 0.385. The summed E-state index contributed by atoms with van der Waals surface area (Å²) in [5.74, 6) is -0.732. The number of benzene rings is 2. The zero-order valence-electron chi connectivity index (χ0n) is 19.7. The largest absolute Gasteiger partial charge is 0.381 e. The minimum absolute atomic E-state index is 0.0825. The molecule has 0 N–H and O–H groups in total. The van der Waals surface area contributed by atoms with Gasteiger partial charge in [-0.25, -0.2) is 9.59 Å². The molecule has 33 heavy (non-hydrogen) atoms. The van der Waals surface area contributed by atoms with Crippen molar-refractivity contribution in [2.24, 2.45) is 0 Å². The molecule has 0 bridgehead atoms. The predicted octanol–water partition coefficient (Wildman–Crippen LogP) is 5.93. The van der Waals surface area contributed by atoms with Crippen molar-refractivity contribution in [2.45, 2.75) is 52.4 Å². The fourth-order valence-corrected chi connectivity index (χ4v) is 2.73. The Morgan fingerprint density at radius 3 is 1.48 bits per heavy atom. The Hall–Kier alpha value is -2.74. The summed E-state index contributed by atoms with van der Waals surface area (Å²) in [6.07, 6.45) is 0.456. The molecule has 0 saturated heterocycles. The van der Waals surface area contributed by atoms with Crippen LogP contribution in [0.3, 0.4) is 0 Å². The van der Waals surface area contributed by atoms with E-state index in [-0.39, 0.29) is 19.3 Å². The molecule has 0 aliphatic rings. The molecule has 7 heteroatoms. The van der Waals surface area contributed by atoms with E-state index in [0.29, 0.717) is 36.0 Å². The molecule has 0 spiro atoms. The second kappa shape index (κ2) is 13.7. The van der Waals surface area contributed by atoms with Gasteiger partial charge in [0, 0.05) is 13.0 Å². The van der Waals surface area contributed by atoms with Crippen molar-refractivity contribution >= 4 is 11.9 Å². The molecule has 0 unspecified atom stereocenters. The van der Waals surface area contributed by atoms with Crippen LogP contribution in [0.1, 0.15) is 84.2 Å². The summed E-state index contributed by atoms with van der Waals surface area (Å²) < 4.78 is 5.34. The summed E-state index contributed by atoms with van der Waals surface area (Å²) in [6.45, 7) is 12.6. The molecule has 0 aromatic heterocycles. The van der Waals surface area contributed by atoms with E-state index in [0.717, 1.165) is 11.1 Å². The van der Waals surface area contributed by atoms with Gasteiger partial charge in [0.2, 0.25) is 0 Å². The maximum absolute atomic E-state index is 12.3. The first-order valence-corrected chi connectivity index (χ1v) is 11.0. The van der Waals surface area contributed by atoms with Gasteiger partial charge < -0.3 is 4.74 Å². The molecular weight excluding hydrogens is 424 g/mol. The van der Waals surface area contributed by atoms with Crippen LogP contribution in [0, 0.1) is 13.2 Å². The first-order chi connectivity index (χ1) is 15.8. The first-order valence-electron chi connectivity index (χ1n) is 11.0. The van der Waals surface area contributed by atoms with Crippen LogP contribution in [-0.4, -0.2) is 25.2 Å². The molecule has 0 aliphatic heterocycles. The summed E-state index contributed by atoms with van der Waals surface area (Å²) >= 11 is 0. The van der Waals surface area contributed by atoms with E-state index < -0.39 is 11.9 Å². The highest BCUT2D eigenvalue weighted by Gasteiger charge is 2.22. The molecule has 0 heterocycles. The van der Waals surface area contributed by atoms with E-state index in [9.17, 15) is 9.59 Å². The minimum atomic E-state index is -0.708. The van der Waals surface area contributed by atoms with Crippen LogP contribution in [0.5, 0.6) is 0 Å². The molecule has 0 atom stereocenters. The normalized spacial score (nSPS) is 11.3. The molecule has 2 rings (SSSR count). The second-order valence-electron chi connectivity index (χ2n) is 8.05. The van der Waals surface area contributed by atoms with Gasteiger partial charge in [0.15, 0.2) is 0 Å². The molecule has 0 fully saturated rings. The second-order valence-corrected chi connectivity index (χ2v) is 8.05. The molecule has 0 saturated carbocycles. The zero-order valence-corrected chi connectivity index (χ0v) is 19.7. The average Bonchev–Trinajstić information content (AvgIpc) is 2.82. The van der Waals surface area contributed by atoms with E-state index in [4.69, 9.17) is 24.3 Å². The van der Waals surface area contributed by atoms with Crippen LogP contribution in [0.15, 0.2) is 48.5 Å². The lowest BCUT2D eigenvalue weighted by molar-refractivity contribution is -0.364. The highest BCUT2D eigenvalue weighted by atomic mass is 17.3. The fourth-order valence-electron chi connectivity index (χ4n) is 2.73. The first kappa shape index (κ1) is 26.5. The van der Waals surface area contributed by atoms with Crippen LogP contribution >= 0.6 is 0 Å². The van der Waals surface area contributed by atoms with Crippen LogP contribution in [-0.2, 0) is 24.3 Å². The van der Waals surface area contributed by atoms with Crippen LogP contribution in [0.4, 0.5) is 0 Å². The number of rotatable bonds is 13. The van der Waals surface area contributed by atoms with Crippen molar-refractivity contribution in [3.05, 3.63) is 84.0 Å². The molecule has 2 aromatic rings. The third-order valence-corrected chi connectivity index (χ3v) is 4.79. The van der Waals surface area contributed by atoms with Gasteiger partial charge in [0.25, 0.3) is 0 Å². The van der Waals surface area contributed by atoms with Crippen molar-refractivity contribution in [3.63, 3.8) is 0 Å². The highest BCUT2D eigenvalue weighted by molar-refractivity contribution is 5.89. The van der Waals surface area contributed by atoms with Crippen LogP contribution < -0.4 is 0 Å². The Bertz CT molecular complexity index is 790. The summed E-state index contributed by atoms with van der Waals surface area (Å²) in [5, 5.41) is 0. The van der Waals surface area contributed by atoms with Gasteiger partial charge in [-0.05, 0) is 53.6 Å². The van der Waals surface area contributed by atoms with Gasteiger partial charge >= 0.3 is 18.2 Å². The summed E-state index contributed by atoms with van der Waals surface area (Å²) in [6, 6.07) is 14.0. The van der Waals surface area contributed by atoms with Gasteiger partial charge in [-0.2, -0.15) is 0 Å². The van der Waals surface area contributed by atoms with E-state index in [1.807, 2.05) is 24.3 Å². The Morgan fingerprint density at radius 1 is 0.697 bits per heavy atom. The molecule has 2 radical (unpaired) electrons. The topological polar surface area (TPSA) is 80.3 Å². The Balaban J connectivity index is 1.92. The molecule has 2 aromatic carbocycles. The Kier molecular flexibility index (Phi) is 11.0. The Morgan fingerprint density at radius 2 is 1.12 bits per heavy atom. The molecule has 0 aliphatic carbocycles. The van der Waals surface area contributed by atoms with Gasteiger partial charge in [-0.1, -0.05) is 58.9 Å². The number of hydrogen-bond acceptors (Lipinski definition) is 7. The predicted molar refractivity (Wildman–Crippen MR) is 123 cm³/mol. The van der Waals surface area contributed by atoms with Gasteiger partial charge in [0.1, 0.15) is 0 Å². The van der Waals surface area contributed by atoms with Gasteiger partial charge in [-0.15, -0.1) is 9.78 Å². The molecule has 0 amide bonds. The summed E-state index contributed by atoms with van der Waals surface area (Å²) in [5.41, 5.74) is 2.82. The van der Waals surface area contributed by atoms with Crippen LogP contribution in [0.25, 0.3) is 0 Å².